The first kappa shape index (κ1) is 10.4. The van der Waals surface area contributed by atoms with Gasteiger partial charge in [0.15, 0.2) is 0 Å². The SMILES string of the molecule is Cc1[nH]c(C2CNC2)nc1-c1cccc(O)c1. The maximum atomic E-state index is 9.49. The lowest BCUT2D eigenvalue weighted by Gasteiger charge is -2.24. The molecular formula is C13H15N3O. The van der Waals surface area contributed by atoms with Crippen LogP contribution in [0.4, 0.5) is 0 Å². The predicted molar refractivity (Wildman–Crippen MR) is 66.0 cm³/mol. The second kappa shape index (κ2) is 3.89. The van der Waals surface area contributed by atoms with Crippen LogP contribution in [-0.4, -0.2) is 28.2 Å². The van der Waals surface area contributed by atoms with E-state index in [1.165, 1.54) is 0 Å². The van der Waals surface area contributed by atoms with E-state index in [0.29, 0.717) is 5.92 Å². The van der Waals surface area contributed by atoms with Crippen molar-refractivity contribution in [2.75, 3.05) is 13.1 Å². The number of rotatable bonds is 2. The Morgan fingerprint density at radius 2 is 2.18 bits per heavy atom. The van der Waals surface area contributed by atoms with Crippen LogP contribution in [0.2, 0.25) is 0 Å². The van der Waals surface area contributed by atoms with E-state index in [2.05, 4.69) is 15.3 Å². The number of aromatic nitrogens is 2. The Morgan fingerprint density at radius 1 is 1.35 bits per heavy atom. The Bertz CT molecular complexity index is 543. The molecule has 0 spiro atoms. The number of H-pyrrole nitrogens is 1. The normalized spacial score (nSPS) is 15.8. The molecular weight excluding hydrogens is 214 g/mol. The van der Waals surface area contributed by atoms with E-state index in [4.69, 9.17) is 0 Å². The van der Waals surface area contributed by atoms with Crippen LogP contribution in [0.25, 0.3) is 11.3 Å². The lowest BCUT2D eigenvalue weighted by Crippen LogP contribution is -2.40. The Hall–Kier alpha value is -1.81. The van der Waals surface area contributed by atoms with E-state index in [1.807, 2.05) is 19.1 Å². The number of nitrogens with one attached hydrogen (secondary N) is 2. The molecule has 0 unspecified atom stereocenters. The highest BCUT2D eigenvalue weighted by Gasteiger charge is 2.23. The Labute approximate surface area is 99.7 Å². The molecule has 0 bridgehead atoms. The lowest BCUT2D eigenvalue weighted by molar-refractivity contribution is 0.432. The van der Waals surface area contributed by atoms with Gasteiger partial charge in [0, 0.05) is 30.3 Å². The van der Waals surface area contributed by atoms with Gasteiger partial charge in [0.1, 0.15) is 11.6 Å². The molecule has 0 saturated carbocycles. The molecule has 4 heteroatoms. The summed E-state index contributed by atoms with van der Waals surface area (Å²) in [6.45, 7) is 4.00. The van der Waals surface area contributed by atoms with Gasteiger partial charge >= 0.3 is 0 Å². The molecule has 1 aliphatic rings. The highest BCUT2D eigenvalue weighted by atomic mass is 16.3. The molecule has 0 atom stereocenters. The summed E-state index contributed by atoms with van der Waals surface area (Å²) >= 11 is 0. The van der Waals surface area contributed by atoms with Crippen LogP contribution >= 0.6 is 0 Å². The first-order chi connectivity index (χ1) is 8.24. The fourth-order valence-corrected chi connectivity index (χ4v) is 2.09. The minimum atomic E-state index is 0.275. The summed E-state index contributed by atoms with van der Waals surface area (Å²) < 4.78 is 0. The molecule has 2 aromatic rings. The minimum Gasteiger partial charge on any atom is -0.508 e. The molecule has 1 aromatic heterocycles. The van der Waals surface area contributed by atoms with Gasteiger partial charge in [0.2, 0.25) is 0 Å². The summed E-state index contributed by atoms with van der Waals surface area (Å²) in [6, 6.07) is 7.21. The number of hydrogen-bond acceptors (Lipinski definition) is 3. The Morgan fingerprint density at radius 3 is 2.82 bits per heavy atom. The molecule has 0 amide bonds. The first-order valence-electron chi connectivity index (χ1n) is 5.80. The molecule has 0 aliphatic carbocycles. The number of hydrogen-bond donors (Lipinski definition) is 3. The molecule has 4 nitrogen and oxygen atoms in total. The van der Waals surface area contributed by atoms with Crippen LogP contribution < -0.4 is 5.32 Å². The van der Waals surface area contributed by atoms with Gasteiger partial charge in [0.25, 0.3) is 0 Å². The quantitative estimate of drug-likeness (QED) is 0.735. The van der Waals surface area contributed by atoms with Gasteiger partial charge in [-0.2, -0.15) is 0 Å². The number of aryl methyl sites for hydroxylation is 1. The summed E-state index contributed by atoms with van der Waals surface area (Å²) in [5.41, 5.74) is 2.94. The van der Waals surface area contributed by atoms with E-state index < -0.39 is 0 Å². The van der Waals surface area contributed by atoms with Crippen LogP contribution in [0.5, 0.6) is 5.75 Å². The monoisotopic (exact) mass is 229 g/mol. The van der Waals surface area contributed by atoms with E-state index in [9.17, 15) is 5.11 Å². The van der Waals surface area contributed by atoms with Gasteiger partial charge in [-0.05, 0) is 19.1 Å². The van der Waals surface area contributed by atoms with Crippen molar-refractivity contribution in [2.24, 2.45) is 0 Å². The predicted octanol–water partition coefficient (Wildman–Crippen LogP) is 1.78. The van der Waals surface area contributed by atoms with Crippen LogP contribution in [0.1, 0.15) is 17.4 Å². The third-order valence-corrected chi connectivity index (χ3v) is 3.19. The minimum absolute atomic E-state index is 0.275. The van der Waals surface area contributed by atoms with Gasteiger partial charge in [-0.25, -0.2) is 4.98 Å². The zero-order chi connectivity index (χ0) is 11.8. The molecule has 1 aliphatic heterocycles. The fourth-order valence-electron chi connectivity index (χ4n) is 2.09. The van der Waals surface area contributed by atoms with Crippen molar-refractivity contribution >= 4 is 0 Å². The molecule has 1 aromatic carbocycles. The first-order valence-corrected chi connectivity index (χ1v) is 5.80. The standard InChI is InChI=1S/C13H15N3O/c1-8-12(9-3-2-4-11(17)5-9)16-13(15-8)10-6-14-7-10/h2-5,10,14,17H,6-7H2,1H3,(H,15,16). The number of phenolic OH excluding ortho intramolecular Hbond substituents is 1. The van der Waals surface area contributed by atoms with Crippen LogP contribution in [0.3, 0.4) is 0 Å². The smallest absolute Gasteiger partial charge is 0.116 e. The number of phenols is 1. The van der Waals surface area contributed by atoms with Gasteiger partial charge in [-0.3, -0.25) is 0 Å². The molecule has 1 fully saturated rings. The number of nitrogens with zero attached hydrogens (tertiary/aromatic N) is 1. The Kier molecular flexibility index (Phi) is 2.37. The lowest BCUT2D eigenvalue weighted by atomic mass is 10.0. The number of aromatic amines is 1. The van der Waals surface area contributed by atoms with Gasteiger partial charge in [-0.1, -0.05) is 12.1 Å². The average Bonchev–Trinajstić information content (AvgIpc) is 2.57. The van der Waals surface area contributed by atoms with Crippen LogP contribution in [-0.2, 0) is 0 Å². The zero-order valence-electron chi connectivity index (χ0n) is 9.70. The van der Waals surface area contributed by atoms with Crippen molar-refractivity contribution in [1.29, 1.82) is 0 Å². The van der Waals surface area contributed by atoms with Gasteiger partial charge in [0.05, 0.1) is 5.69 Å². The molecule has 88 valence electrons. The third kappa shape index (κ3) is 1.80. The van der Waals surface area contributed by atoms with E-state index in [-0.39, 0.29) is 5.75 Å². The summed E-state index contributed by atoms with van der Waals surface area (Å²) in [4.78, 5) is 7.97. The van der Waals surface area contributed by atoms with Gasteiger partial charge < -0.3 is 15.4 Å². The maximum absolute atomic E-state index is 9.49. The molecule has 0 radical (unpaired) electrons. The van der Waals surface area contributed by atoms with Crippen molar-refractivity contribution in [3.05, 3.63) is 35.8 Å². The average molecular weight is 229 g/mol. The van der Waals surface area contributed by atoms with Crippen molar-refractivity contribution in [3.8, 4) is 17.0 Å². The van der Waals surface area contributed by atoms with E-state index in [1.54, 1.807) is 12.1 Å². The van der Waals surface area contributed by atoms with Crippen molar-refractivity contribution in [3.63, 3.8) is 0 Å². The summed E-state index contributed by atoms with van der Waals surface area (Å²) in [7, 11) is 0. The zero-order valence-corrected chi connectivity index (χ0v) is 9.70. The number of aromatic hydroxyl groups is 1. The Balaban J connectivity index is 1.99. The molecule has 2 heterocycles. The summed E-state index contributed by atoms with van der Waals surface area (Å²) in [6.07, 6.45) is 0. The number of imidazole rings is 1. The largest absolute Gasteiger partial charge is 0.508 e. The van der Waals surface area contributed by atoms with Crippen molar-refractivity contribution in [2.45, 2.75) is 12.8 Å². The molecule has 3 N–H and O–H groups in total. The third-order valence-electron chi connectivity index (χ3n) is 3.19. The molecule has 3 rings (SSSR count). The van der Waals surface area contributed by atoms with E-state index in [0.717, 1.165) is 35.9 Å². The van der Waals surface area contributed by atoms with Crippen LogP contribution in [0, 0.1) is 6.92 Å². The van der Waals surface area contributed by atoms with Crippen molar-refractivity contribution < 1.29 is 5.11 Å². The fraction of sp³-hybridized carbons (Fsp3) is 0.308. The van der Waals surface area contributed by atoms with Crippen LogP contribution in [0.15, 0.2) is 24.3 Å². The molecule has 1 saturated heterocycles. The topological polar surface area (TPSA) is 60.9 Å². The van der Waals surface area contributed by atoms with E-state index >= 15 is 0 Å². The van der Waals surface area contributed by atoms with Crippen molar-refractivity contribution in [1.82, 2.24) is 15.3 Å². The summed E-state index contributed by atoms with van der Waals surface area (Å²) in [5.74, 6) is 1.82. The highest BCUT2D eigenvalue weighted by Crippen LogP contribution is 2.27. The second-order valence-corrected chi connectivity index (χ2v) is 4.50. The molecule has 17 heavy (non-hydrogen) atoms. The number of benzene rings is 1. The van der Waals surface area contributed by atoms with Gasteiger partial charge in [-0.15, -0.1) is 0 Å². The summed E-state index contributed by atoms with van der Waals surface area (Å²) in [5, 5.41) is 12.7. The maximum Gasteiger partial charge on any atom is 0.116 e. The highest BCUT2D eigenvalue weighted by molar-refractivity contribution is 5.63. The second-order valence-electron chi connectivity index (χ2n) is 4.50.